The van der Waals surface area contributed by atoms with Gasteiger partial charge in [0, 0.05) is 28.7 Å². The number of aryl methyl sites for hydroxylation is 2. The van der Waals surface area contributed by atoms with E-state index < -0.39 is 0 Å². The van der Waals surface area contributed by atoms with Crippen molar-refractivity contribution in [1.29, 1.82) is 0 Å². The summed E-state index contributed by atoms with van der Waals surface area (Å²) < 4.78 is 0. The van der Waals surface area contributed by atoms with Crippen molar-refractivity contribution < 1.29 is 0 Å². The van der Waals surface area contributed by atoms with Gasteiger partial charge in [0.05, 0.1) is 0 Å². The van der Waals surface area contributed by atoms with E-state index in [1.807, 2.05) is 0 Å². The largest absolute Gasteiger partial charge is 0.370 e. The van der Waals surface area contributed by atoms with Crippen molar-refractivity contribution in [3.05, 3.63) is 27.6 Å². The zero-order valence-electron chi connectivity index (χ0n) is 11.4. The van der Waals surface area contributed by atoms with Gasteiger partial charge in [-0.05, 0) is 38.1 Å². The minimum absolute atomic E-state index is 0.840. The third kappa shape index (κ3) is 2.38. The summed E-state index contributed by atoms with van der Waals surface area (Å²) in [7, 11) is 0. The zero-order valence-corrected chi connectivity index (χ0v) is 12.2. The van der Waals surface area contributed by atoms with Crippen molar-refractivity contribution in [1.82, 2.24) is 9.97 Å². The number of aromatic nitrogens is 2. The monoisotopic (exact) mass is 261 g/mol. The van der Waals surface area contributed by atoms with Gasteiger partial charge in [0.2, 0.25) is 0 Å². The number of hydrogen-bond acceptors (Lipinski definition) is 4. The van der Waals surface area contributed by atoms with Crippen LogP contribution in [-0.2, 0) is 6.42 Å². The average molecular weight is 261 g/mol. The molecule has 0 saturated carbocycles. The maximum Gasteiger partial charge on any atom is 0.162 e. The molecule has 0 aliphatic rings. The molecule has 0 bridgehead atoms. The Hall–Kier alpha value is -1.42. The van der Waals surface area contributed by atoms with Gasteiger partial charge >= 0.3 is 0 Å². The van der Waals surface area contributed by atoms with Crippen LogP contribution in [-0.4, -0.2) is 16.5 Å². The number of hydrogen-bond donors (Lipinski definition) is 1. The topological polar surface area (TPSA) is 37.8 Å². The summed E-state index contributed by atoms with van der Waals surface area (Å²) in [6.07, 6.45) is 0.933. The first-order valence-electron chi connectivity index (χ1n) is 6.31. The van der Waals surface area contributed by atoms with Gasteiger partial charge in [-0.2, -0.15) is 11.3 Å². The van der Waals surface area contributed by atoms with Gasteiger partial charge in [-0.1, -0.05) is 6.92 Å². The molecule has 0 fully saturated rings. The Balaban J connectivity index is 2.55. The highest BCUT2D eigenvalue weighted by atomic mass is 32.1. The molecule has 0 aliphatic carbocycles. The Bertz CT molecular complexity index is 546. The van der Waals surface area contributed by atoms with E-state index in [9.17, 15) is 0 Å². The molecule has 4 heteroatoms. The molecular weight excluding hydrogens is 242 g/mol. The number of thiophene rings is 1. The molecule has 0 spiro atoms. The van der Waals surface area contributed by atoms with Crippen molar-refractivity contribution in [3.8, 4) is 11.4 Å². The maximum atomic E-state index is 4.69. The second kappa shape index (κ2) is 5.48. The fourth-order valence-electron chi connectivity index (χ4n) is 1.96. The normalized spacial score (nSPS) is 10.7. The Morgan fingerprint density at radius 3 is 2.50 bits per heavy atom. The Morgan fingerprint density at radius 1 is 1.17 bits per heavy atom. The van der Waals surface area contributed by atoms with E-state index in [1.54, 1.807) is 11.3 Å². The fourth-order valence-corrected chi connectivity index (χ4v) is 2.78. The van der Waals surface area contributed by atoms with Gasteiger partial charge in [0.15, 0.2) is 5.82 Å². The number of anilines is 1. The first kappa shape index (κ1) is 13.0. The predicted molar refractivity (Wildman–Crippen MR) is 78.4 cm³/mol. The smallest absolute Gasteiger partial charge is 0.162 e. The maximum absolute atomic E-state index is 4.69. The lowest BCUT2D eigenvalue weighted by atomic mass is 10.1. The highest BCUT2D eigenvalue weighted by molar-refractivity contribution is 7.08. The lowest BCUT2D eigenvalue weighted by molar-refractivity contribution is 0.970. The number of nitrogens with one attached hydrogen (secondary N) is 1. The van der Waals surface area contributed by atoms with Crippen LogP contribution < -0.4 is 5.32 Å². The highest BCUT2D eigenvalue weighted by Gasteiger charge is 2.12. The highest BCUT2D eigenvalue weighted by Crippen LogP contribution is 2.27. The van der Waals surface area contributed by atoms with E-state index >= 15 is 0 Å². The van der Waals surface area contributed by atoms with Gasteiger partial charge < -0.3 is 5.32 Å². The zero-order chi connectivity index (χ0) is 13.1. The molecule has 18 heavy (non-hydrogen) atoms. The minimum Gasteiger partial charge on any atom is -0.370 e. The fraction of sp³-hybridized carbons (Fsp3) is 0.429. The van der Waals surface area contributed by atoms with Crippen molar-refractivity contribution in [2.75, 3.05) is 11.9 Å². The predicted octanol–water partition coefficient (Wildman–Crippen LogP) is 3.82. The van der Waals surface area contributed by atoms with Crippen molar-refractivity contribution in [2.24, 2.45) is 0 Å². The summed E-state index contributed by atoms with van der Waals surface area (Å²) in [6, 6.07) is 0. The van der Waals surface area contributed by atoms with Crippen LogP contribution >= 0.6 is 11.3 Å². The first-order chi connectivity index (χ1) is 8.67. The quantitative estimate of drug-likeness (QED) is 0.909. The molecule has 96 valence electrons. The van der Waals surface area contributed by atoms with Crippen LogP contribution in [0.15, 0.2) is 10.8 Å². The van der Waals surface area contributed by atoms with Gasteiger partial charge in [-0.15, -0.1) is 0 Å². The molecule has 2 rings (SSSR count). The molecule has 3 nitrogen and oxygen atoms in total. The second-order valence-electron chi connectivity index (χ2n) is 4.32. The Morgan fingerprint density at radius 2 is 1.94 bits per heavy atom. The first-order valence-corrected chi connectivity index (χ1v) is 7.26. The van der Waals surface area contributed by atoms with Crippen molar-refractivity contribution >= 4 is 17.2 Å². The molecule has 2 aromatic rings. The molecule has 2 heterocycles. The molecule has 2 aromatic heterocycles. The van der Waals surface area contributed by atoms with Crippen LogP contribution in [0.1, 0.15) is 30.7 Å². The summed E-state index contributed by atoms with van der Waals surface area (Å²) in [5.41, 5.74) is 4.68. The lowest BCUT2D eigenvalue weighted by Crippen LogP contribution is -2.07. The second-order valence-corrected chi connectivity index (χ2v) is 5.06. The molecule has 0 radical (unpaired) electrons. The van der Waals surface area contributed by atoms with Crippen molar-refractivity contribution in [2.45, 2.75) is 34.1 Å². The average Bonchev–Trinajstić information content (AvgIpc) is 2.78. The van der Waals surface area contributed by atoms with Crippen LogP contribution in [0.25, 0.3) is 11.4 Å². The SMILES string of the molecule is CCNc1nc(-c2cscc2C)nc(CC)c1C. The Labute approximate surface area is 112 Å². The minimum atomic E-state index is 0.840. The van der Waals surface area contributed by atoms with Gasteiger partial charge in [-0.25, -0.2) is 9.97 Å². The van der Waals surface area contributed by atoms with E-state index in [4.69, 9.17) is 4.98 Å². The molecule has 0 amide bonds. The van der Waals surface area contributed by atoms with E-state index in [-0.39, 0.29) is 0 Å². The summed E-state index contributed by atoms with van der Waals surface area (Å²) in [6.45, 7) is 9.29. The van der Waals surface area contributed by atoms with Gasteiger partial charge in [0.1, 0.15) is 5.82 Å². The van der Waals surface area contributed by atoms with E-state index in [0.29, 0.717) is 0 Å². The molecule has 0 saturated heterocycles. The van der Waals surface area contributed by atoms with Crippen LogP contribution in [0.4, 0.5) is 5.82 Å². The van der Waals surface area contributed by atoms with Crippen LogP contribution in [0, 0.1) is 13.8 Å². The van der Waals surface area contributed by atoms with Crippen LogP contribution in [0.2, 0.25) is 0 Å². The standard InChI is InChI=1S/C14H19N3S/c1-5-12-10(4)13(15-6-2)17-14(16-12)11-8-18-7-9(11)3/h7-8H,5-6H2,1-4H3,(H,15,16,17). The lowest BCUT2D eigenvalue weighted by Gasteiger charge is -2.12. The summed E-state index contributed by atoms with van der Waals surface area (Å²) >= 11 is 1.70. The van der Waals surface area contributed by atoms with E-state index in [1.165, 1.54) is 5.56 Å². The molecule has 0 aliphatic heterocycles. The summed E-state index contributed by atoms with van der Waals surface area (Å²) in [4.78, 5) is 9.35. The van der Waals surface area contributed by atoms with Crippen LogP contribution in [0.3, 0.4) is 0 Å². The summed E-state index contributed by atoms with van der Waals surface area (Å²) in [5.74, 6) is 1.80. The molecule has 0 unspecified atom stereocenters. The van der Waals surface area contributed by atoms with Gasteiger partial charge in [0.25, 0.3) is 0 Å². The van der Waals surface area contributed by atoms with Gasteiger partial charge in [-0.3, -0.25) is 0 Å². The number of rotatable bonds is 4. The van der Waals surface area contributed by atoms with E-state index in [0.717, 1.165) is 41.4 Å². The van der Waals surface area contributed by atoms with E-state index in [2.05, 4.69) is 48.8 Å². The molecule has 1 N–H and O–H groups in total. The van der Waals surface area contributed by atoms with Crippen LogP contribution in [0.5, 0.6) is 0 Å². The molecule has 0 aromatic carbocycles. The van der Waals surface area contributed by atoms with Crippen molar-refractivity contribution in [3.63, 3.8) is 0 Å². The molecule has 0 atom stereocenters. The Kier molecular flexibility index (Phi) is 3.97. The third-order valence-corrected chi connectivity index (χ3v) is 3.88. The number of nitrogens with zero attached hydrogens (tertiary/aromatic N) is 2. The third-order valence-electron chi connectivity index (χ3n) is 3.02. The molecular formula is C14H19N3S. The summed E-state index contributed by atoms with van der Waals surface area (Å²) in [5, 5.41) is 7.58.